The maximum absolute atomic E-state index is 10.5. The second kappa shape index (κ2) is 8.55. The molecule has 1 unspecified atom stereocenters. The second-order valence-electron chi connectivity index (χ2n) is 5.38. The Morgan fingerprint density at radius 2 is 2.35 bits per heavy atom. The molecule has 1 atom stereocenters. The lowest BCUT2D eigenvalue weighted by Gasteiger charge is -2.21. The van der Waals surface area contributed by atoms with Crippen LogP contribution in [0.3, 0.4) is 0 Å². The predicted octanol–water partition coefficient (Wildman–Crippen LogP) is 2.51. The molecule has 3 N–H and O–H groups in total. The van der Waals surface area contributed by atoms with Crippen LogP contribution in [0.25, 0.3) is 0 Å². The van der Waals surface area contributed by atoms with Crippen LogP contribution in [0.15, 0.2) is 57.3 Å². The molecule has 0 aliphatic carbocycles. The summed E-state index contributed by atoms with van der Waals surface area (Å²) < 4.78 is 5.30. The molecule has 0 radical (unpaired) electrons. The second-order valence-corrected chi connectivity index (χ2v) is 6.16. The van der Waals surface area contributed by atoms with Crippen molar-refractivity contribution >= 4 is 17.3 Å². The fourth-order valence-electron chi connectivity index (χ4n) is 2.00. The minimum Gasteiger partial charge on any atom is -0.469 e. The van der Waals surface area contributed by atoms with Gasteiger partial charge in [0.15, 0.2) is 5.96 Å². The number of thiophene rings is 1. The quantitative estimate of drug-likeness (QED) is 0.394. The number of aliphatic hydroxyl groups is 1. The molecule has 6 heteroatoms. The Hall–Kier alpha value is -2.05. The molecule has 23 heavy (non-hydrogen) atoms. The van der Waals surface area contributed by atoms with E-state index in [-0.39, 0.29) is 6.54 Å². The van der Waals surface area contributed by atoms with E-state index in [1.165, 1.54) is 0 Å². The van der Waals surface area contributed by atoms with Gasteiger partial charge >= 0.3 is 0 Å². The van der Waals surface area contributed by atoms with E-state index >= 15 is 0 Å². The fourth-order valence-corrected chi connectivity index (χ4v) is 2.78. The first-order valence-corrected chi connectivity index (χ1v) is 8.46. The molecule has 0 spiro atoms. The van der Waals surface area contributed by atoms with E-state index in [9.17, 15) is 5.11 Å². The number of hydrogen-bond acceptors (Lipinski definition) is 4. The van der Waals surface area contributed by atoms with Crippen molar-refractivity contribution < 1.29 is 9.52 Å². The molecule has 0 aliphatic rings. The molecular formula is C17H23N3O2S. The lowest BCUT2D eigenvalue weighted by molar-refractivity contribution is 0.0677. The van der Waals surface area contributed by atoms with Crippen LogP contribution in [0.2, 0.25) is 0 Å². The van der Waals surface area contributed by atoms with Crippen molar-refractivity contribution in [2.45, 2.75) is 18.9 Å². The Morgan fingerprint density at radius 3 is 3.00 bits per heavy atom. The molecule has 0 saturated carbocycles. The van der Waals surface area contributed by atoms with Gasteiger partial charge in [0.1, 0.15) is 11.4 Å². The zero-order chi connectivity index (χ0) is 16.5. The topological polar surface area (TPSA) is 69.8 Å². The number of rotatable bonds is 8. The molecule has 0 saturated heterocycles. The summed E-state index contributed by atoms with van der Waals surface area (Å²) >= 11 is 1.56. The summed E-state index contributed by atoms with van der Waals surface area (Å²) in [5.74, 6) is 1.57. The molecule has 2 heterocycles. The SMILES string of the molecule is C=CCNC(=NCC(C)(O)c1ccsc1)NCCc1ccco1. The number of hydrogen-bond donors (Lipinski definition) is 3. The summed E-state index contributed by atoms with van der Waals surface area (Å²) in [4.78, 5) is 4.48. The standard InChI is InChI=1S/C17H23N3O2S/c1-3-8-18-16(19-9-6-15-5-4-10-22-15)20-13-17(2,21)14-7-11-23-12-14/h3-5,7,10-12,21H,1,6,8-9,13H2,2H3,(H2,18,19,20). The Kier molecular flexibility index (Phi) is 6.43. The van der Waals surface area contributed by atoms with Crippen LogP contribution in [0.4, 0.5) is 0 Å². The third-order valence-corrected chi connectivity index (χ3v) is 4.03. The van der Waals surface area contributed by atoms with Gasteiger partial charge in [0.05, 0.1) is 12.8 Å². The largest absolute Gasteiger partial charge is 0.469 e. The first-order chi connectivity index (χ1) is 11.1. The van der Waals surface area contributed by atoms with Crippen LogP contribution >= 0.6 is 11.3 Å². The molecule has 0 fully saturated rings. The normalized spacial score (nSPS) is 14.3. The van der Waals surface area contributed by atoms with Gasteiger partial charge in [-0.1, -0.05) is 6.08 Å². The summed E-state index contributed by atoms with van der Waals surface area (Å²) in [6, 6.07) is 5.73. The van der Waals surface area contributed by atoms with Crippen molar-refractivity contribution in [1.29, 1.82) is 0 Å². The molecule has 2 aromatic rings. The van der Waals surface area contributed by atoms with Gasteiger partial charge in [-0.2, -0.15) is 11.3 Å². The van der Waals surface area contributed by atoms with Crippen molar-refractivity contribution in [2.75, 3.05) is 19.6 Å². The average molecular weight is 333 g/mol. The zero-order valence-corrected chi connectivity index (χ0v) is 14.1. The van der Waals surface area contributed by atoms with Gasteiger partial charge in [0.25, 0.3) is 0 Å². The van der Waals surface area contributed by atoms with Crippen LogP contribution in [0.1, 0.15) is 18.2 Å². The summed E-state index contributed by atoms with van der Waals surface area (Å²) in [5, 5.41) is 20.8. The van der Waals surface area contributed by atoms with E-state index in [2.05, 4.69) is 22.2 Å². The van der Waals surface area contributed by atoms with Gasteiger partial charge in [-0.3, -0.25) is 0 Å². The third kappa shape index (κ3) is 5.58. The van der Waals surface area contributed by atoms with Gasteiger partial charge in [-0.25, -0.2) is 4.99 Å². The van der Waals surface area contributed by atoms with E-state index < -0.39 is 5.60 Å². The number of aliphatic imine (C=N–C) groups is 1. The van der Waals surface area contributed by atoms with Crippen molar-refractivity contribution in [1.82, 2.24) is 10.6 Å². The summed E-state index contributed by atoms with van der Waals surface area (Å²) in [7, 11) is 0. The Bertz CT molecular complexity index is 604. The molecule has 5 nitrogen and oxygen atoms in total. The molecule has 2 rings (SSSR count). The highest BCUT2D eigenvalue weighted by molar-refractivity contribution is 7.08. The molecule has 2 aromatic heterocycles. The van der Waals surface area contributed by atoms with Crippen molar-refractivity contribution in [3.8, 4) is 0 Å². The van der Waals surface area contributed by atoms with Crippen LogP contribution in [-0.4, -0.2) is 30.7 Å². The zero-order valence-electron chi connectivity index (χ0n) is 13.3. The van der Waals surface area contributed by atoms with Crippen molar-refractivity contribution in [3.63, 3.8) is 0 Å². The minimum atomic E-state index is -0.982. The molecule has 0 aromatic carbocycles. The Labute approximate surface area is 140 Å². The summed E-state index contributed by atoms with van der Waals surface area (Å²) in [6.45, 7) is 7.04. The van der Waals surface area contributed by atoms with Crippen LogP contribution in [0, 0.1) is 0 Å². The number of guanidine groups is 1. The van der Waals surface area contributed by atoms with E-state index in [4.69, 9.17) is 4.42 Å². The van der Waals surface area contributed by atoms with Gasteiger partial charge in [0, 0.05) is 19.5 Å². The lowest BCUT2D eigenvalue weighted by Crippen LogP contribution is -2.39. The van der Waals surface area contributed by atoms with Gasteiger partial charge in [-0.15, -0.1) is 6.58 Å². The first-order valence-electron chi connectivity index (χ1n) is 7.52. The highest BCUT2D eigenvalue weighted by Crippen LogP contribution is 2.23. The first kappa shape index (κ1) is 17.3. The monoisotopic (exact) mass is 333 g/mol. The molecule has 0 amide bonds. The fraction of sp³-hybridized carbons (Fsp3) is 0.353. The van der Waals surface area contributed by atoms with Gasteiger partial charge < -0.3 is 20.2 Å². The van der Waals surface area contributed by atoms with Crippen LogP contribution < -0.4 is 10.6 Å². The number of nitrogens with one attached hydrogen (secondary N) is 2. The summed E-state index contributed by atoms with van der Waals surface area (Å²) in [6.07, 6.45) is 4.20. The van der Waals surface area contributed by atoms with Gasteiger partial charge in [0.2, 0.25) is 0 Å². The number of furan rings is 1. The highest BCUT2D eigenvalue weighted by atomic mass is 32.1. The van der Waals surface area contributed by atoms with E-state index in [1.807, 2.05) is 29.0 Å². The summed E-state index contributed by atoms with van der Waals surface area (Å²) in [5.41, 5.74) is -0.103. The number of nitrogens with zero attached hydrogens (tertiary/aromatic N) is 1. The van der Waals surface area contributed by atoms with E-state index in [0.717, 1.165) is 17.7 Å². The molecule has 124 valence electrons. The van der Waals surface area contributed by atoms with Gasteiger partial charge in [-0.05, 0) is 41.4 Å². The maximum atomic E-state index is 10.5. The molecule has 0 aliphatic heterocycles. The Balaban J connectivity index is 1.91. The average Bonchev–Trinajstić information content (AvgIpc) is 3.22. The lowest BCUT2D eigenvalue weighted by atomic mass is 10.00. The van der Waals surface area contributed by atoms with Crippen LogP contribution in [-0.2, 0) is 12.0 Å². The van der Waals surface area contributed by atoms with Crippen molar-refractivity contribution in [3.05, 3.63) is 59.2 Å². The van der Waals surface area contributed by atoms with Crippen molar-refractivity contribution in [2.24, 2.45) is 4.99 Å². The molecular weight excluding hydrogens is 310 g/mol. The smallest absolute Gasteiger partial charge is 0.191 e. The third-order valence-electron chi connectivity index (χ3n) is 3.35. The Morgan fingerprint density at radius 1 is 1.48 bits per heavy atom. The highest BCUT2D eigenvalue weighted by Gasteiger charge is 2.23. The van der Waals surface area contributed by atoms with Crippen LogP contribution in [0.5, 0.6) is 0 Å². The van der Waals surface area contributed by atoms with E-state index in [0.29, 0.717) is 19.0 Å². The minimum absolute atomic E-state index is 0.275. The predicted molar refractivity (Wildman–Crippen MR) is 94.8 cm³/mol. The molecule has 0 bridgehead atoms. The van der Waals surface area contributed by atoms with E-state index in [1.54, 1.807) is 30.6 Å². The maximum Gasteiger partial charge on any atom is 0.191 e.